The summed E-state index contributed by atoms with van der Waals surface area (Å²) in [4.78, 5) is 9.74. The van der Waals surface area contributed by atoms with Crippen LogP contribution in [0.1, 0.15) is 5.56 Å². The Morgan fingerprint density at radius 3 is 2.86 bits per heavy atom. The van der Waals surface area contributed by atoms with Crippen LogP contribution in [0.5, 0.6) is 0 Å². The minimum Gasteiger partial charge on any atom is -0.320 e. The summed E-state index contributed by atoms with van der Waals surface area (Å²) >= 11 is 0. The number of nitrogens with zero attached hydrogens (tertiary/aromatic N) is 1. The number of nitrogens with two attached hydrogens (primary N) is 1. The molecule has 72 valence electrons. The Bertz CT molecular complexity index is 421. The SMILES string of the molecule is NCC#Cc1cc([N+](=O)[O-])ccc1F. The van der Waals surface area contributed by atoms with E-state index in [2.05, 4.69) is 11.8 Å². The van der Waals surface area contributed by atoms with Gasteiger partial charge in [-0.2, -0.15) is 0 Å². The number of hydrogen-bond acceptors (Lipinski definition) is 3. The van der Waals surface area contributed by atoms with Crippen LogP contribution < -0.4 is 5.73 Å². The third-order valence-electron chi connectivity index (χ3n) is 1.49. The van der Waals surface area contributed by atoms with Crippen LogP contribution in [0.25, 0.3) is 0 Å². The molecule has 0 aromatic heterocycles. The van der Waals surface area contributed by atoms with Gasteiger partial charge in [-0.05, 0) is 6.07 Å². The van der Waals surface area contributed by atoms with Crippen molar-refractivity contribution in [3.05, 3.63) is 39.7 Å². The van der Waals surface area contributed by atoms with Gasteiger partial charge < -0.3 is 5.73 Å². The topological polar surface area (TPSA) is 69.2 Å². The number of hydrogen-bond donors (Lipinski definition) is 1. The molecular weight excluding hydrogens is 187 g/mol. The quantitative estimate of drug-likeness (QED) is 0.412. The first-order valence-corrected chi connectivity index (χ1v) is 3.78. The van der Waals surface area contributed by atoms with Gasteiger partial charge in [0.05, 0.1) is 17.0 Å². The Balaban J connectivity index is 3.14. The Morgan fingerprint density at radius 2 is 2.29 bits per heavy atom. The predicted octanol–water partition coefficient (Wildman–Crippen LogP) is 1.04. The van der Waals surface area contributed by atoms with Crippen molar-refractivity contribution in [2.75, 3.05) is 6.54 Å². The molecule has 1 rings (SSSR count). The van der Waals surface area contributed by atoms with Gasteiger partial charge in [0.2, 0.25) is 0 Å². The van der Waals surface area contributed by atoms with E-state index in [-0.39, 0.29) is 17.8 Å². The fourth-order valence-corrected chi connectivity index (χ4v) is 0.869. The van der Waals surface area contributed by atoms with E-state index in [0.29, 0.717) is 0 Å². The third-order valence-corrected chi connectivity index (χ3v) is 1.49. The molecule has 0 fully saturated rings. The fraction of sp³-hybridized carbons (Fsp3) is 0.111. The molecule has 2 N–H and O–H groups in total. The summed E-state index contributed by atoms with van der Waals surface area (Å²) < 4.78 is 13.0. The van der Waals surface area contributed by atoms with Gasteiger partial charge in [0, 0.05) is 12.1 Å². The molecule has 5 heteroatoms. The molecule has 0 spiro atoms. The van der Waals surface area contributed by atoms with Crippen molar-refractivity contribution in [1.82, 2.24) is 0 Å². The number of nitro groups is 1. The van der Waals surface area contributed by atoms with E-state index >= 15 is 0 Å². The summed E-state index contributed by atoms with van der Waals surface area (Å²) in [6.07, 6.45) is 0. The Hall–Kier alpha value is -1.93. The van der Waals surface area contributed by atoms with E-state index in [1.54, 1.807) is 0 Å². The minimum absolute atomic E-state index is 0.00958. The lowest BCUT2D eigenvalue weighted by molar-refractivity contribution is -0.384. The first kappa shape index (κ1) is 10.2. The van der Waals surface area contributed by atoms with E-state index < -0.39 is 10.7 Å². The number of non-ortho nitro benzene ring substituents is 1. The third kappa shape index (κ3) is 2.28. The van der Waals surface area contributed by atoms with Crippen LogP contribution in [-0.4, -0.2) is 11.5 Å². The van der Waals surface area contributed by atoms with Gasteiger partial charge in [-0.1, -0.05) is 11.8 Å². The lowest BCUT2D eigenvalue weighted by Gasteiger charge is -1.94. The first-order valence-electron chi connectivity index (χ1n) is 3.78. The van der Waals surface area contributed by atoms with Gasteiger partial charge in [0.1, 0.15) is 5.82 Å². The molecule has 0 radical (unpaired) electrons. The molecule has 0 aliphatic carbocycles. The number of benzene rings is 1. The summed E-state index contributed by atoms with van der Waals surface area (Å²) in [5.41, 5.74) is 4.90. The van der Waals surface area contributed by atoms with E-state index in [0.717, 1.165) is 18.2 Å². The van der Waals surface area contributed by atoms with Gasteiger partial charge in [0.25, 0.3) is 5.69 Å². The summed E-state index contributed by atoms with van der Waals surface area (Å²) in [5.74, 6) is 4.25. The highest BCUT2D eigenvalue weighted by Gasteiger charge is 2.08. The van der Waals surface area contributed by atoms with Crippen LogP contribution in [-0.2, 0) is 0 Å². The fourth-order valence-electron chi connectivity index (χ4n) is 0.869. The van der Waals surface area contributed by atoms with Crippen molar-refractivity contribution >= 4 is 5.69 Å². The molecule has 1 aromatic rings. The van der Waals surface area contributed by atoms with Crippen LogP contribution >= 0.6 is 0 Å². The van der Waals surface area contributed by atoms with Crippen molar-refractivity contribution < 1.29 is 9.31 Å². The number of rotatable bonds is 1. The van der Waals surface area contributed by atoms with Gasteiger partial charge in [-0.15, -0.1) is 0 Å². The van der Waals surface area contributed by atoms with Crippen molar-refractivity contribution in [3.8, 4) is 11.8 Å². The van der Waals surface area contributed by atoms with Crippen LogP contribution in [0.2, 0.25) is 0 Å². The summed E-state index contributed by atoms with van der Waals surface area (Å²) in [6.45, 7) is 0.0854. The highest BCUT2D eigenvalue weighted by atomic mass is 19.1. The monoisotopic (exact) mass is 194 g/mol. The maximum Gasteiger partial charge on any atom is 0.270 e. The largest absolute Gasteiger partial charge is 0.320 e. The Labute approximate surface area is 79.7 Å². The van der Waals surface area contributed by atoms with Gasteiger partial charge in [0.15, 0.2) is 0 Å². The van der Waals surface area contributed by atoms with E-state index in [1.807, 2.05) is 0 Å². The van der Waals surface area contributed by atoms with Crippen molar-refractivity contribution in [3.63, 3.8) is 0 Å². The van der Waals surface area contributed by atoms with Gasteiger partial charge in [-0.3, -0.25) is 10.1 Å². The minimum atomic E-state index is -0.604. The lowest BCUT2D eigenvalue weighted by atomic mass is 10.2. The summed E-state index contributed by atoms with van der Waals surface area (Å²) in [5, 5.41) is 10.3. The molecule has 0 aliphatic heterocycles. The zero-order chi connectivity index (χ0) is 10.6. The van der Waals surface area contributed by atoms with E-state index in [1.165, 1.54) is 0 Å². The summed E-state index contributed by atoms with van der Waals surface area (Å²) in [6, 6.07) is 3.18. The maximum atomic E-state index is 13.0. The molecule has 0 atom stereocenters. The van der Waals surface area contributed by atoms with Crippen molar-refractivity contribution in [2.45, 2.75) is 0 Å². The standard InChI is InChI=1S/C9H7FN2O2/c10-9-4-3-8(12(13)14)6-7(9)2-1-5-11/h3-4,6H,5,11H2. The molecule has 0 amide bonds. The Kier molecular flexibility index (Phi) is 3.15. The average Bonchev–Trinajstić information content (AvgIpc) is 2.16. The second-order valence-corrected chi connectivity index (χ2v) is 2.43. The summed E-state index contributed by atoms with van der Waals surface area (Å²) in [7, 11) is 0. The predicted molar refractivity (Wildman–Crippen MR) is 49.0 cm³/mol. The smallest absolute Gasteiger partial charge is 0.270 e. The zero-order valence-corrected chi connectivity index (χ0v) is 7.16. The first-order chi connectivity index (χ1) is 6.65. The second kappa shape index (κ2) is 4.35. The molecule has 1 aromatic carbocycles. The highest BCUT2D eigenvalue weighted by molar-refractivity contribution is 5.44. The molecular formula is C9H7FN2O2. The molecule has 0 unspecified atom stereocenters. The molecule has 0 heterocycles. The molecule has 0 aliphatic rings. The number of nitro benzene ring substituents is 1. The molecule has 0 saturated heterocycles. The van der Waals surface area contributed by atoms with Crippen LogP contribution in [0.15, 0.2) is 18.2 Å². The molecule has 14 heavy (non-hydrogen) atoms. The lowest BCUT2D eigenvalue weighted by Crippen LogP contribution is -1.94. The van der Waals surface area contributed by atoms with Crippen molar-refractivity contribution in [2.24, 2.45) is 5.73 Å². The van der Waals surface area contributed by atoms with Gasteiger partial charge >= 0.3 is 0 Å². The normalized spacial score (nSPS) is 9.00. The zero-order valence-electron chi connectivity index (χ0n) is 7.16. The van der Waals surface area contributed by atoms with Gasteiger partial charge in [-0.25, -0.2) is 4.39 Å². The van der Waals surface area contributed by atoms with E-state index in [9.17, 15) is 14.5 Å². The van der Waals surface area contributed by atoms with Crippen molar-refractivity contribution in [1.29, 1.82) is 0 Å². The highest BCUT2D eigenvalue weighted by Crippen LogP contribution is 2.15. The van der Waals surface area contributed by atoms with Crippen LogP contribution in [0.4, 0.5) is 10.1 Å². The average molecular weight is 194 g/mol. The maximum absolute atomic E-state index is 13.0. The number of halogens is 1. The second-order valence-electron chi connectivity index (χ2n) is 2.43. The molecule has 0 bridgehead atoms. The van der Waals surface area contributed by atoms with Crippen LogP contribution in [0, 0.1) is 27.8 Å². The Morgan fingerprint density at radius 1 is 1.57 bits per heavy atom. The van der Waals surface area contributed by atoms with Crippen LogP contribution in [0.3, 0.4) is 0 Å². The van der Waals surface area contributed by atoms with E-state index in [4.69, 9.17) is 5.73 Å². The molecule has 0 saturated carbocycles. The molecule has 4 nitrogen and oxygen atoms in total.